The van der Waals surface area contributed by atoms with Crippen molar-refractivity contribution in [3.05, 3.63) is 102 Å². The number of aromatic nitrogens is 5. The van der Waals surface area contributed by atoms with E-state index < -0.39 is 126 Å². The summed E-state index contributed by atoms with van der Waals surface area (Å²) in [7, 11) is 0. The maximum absolute atomic E-state index is 14.6. The van der Waals surface area contributed by atoms with Crippen molar-refractivity contribution in [2.75, 3.05) is 6.54 Å². The minimum absolute atomic E-state index is 0.00675. The molecule has 0 aliphatic carbocycles. The van der Waals surface area contributed by atoms with Crippen LogP contribution in [0.15, 0.2) is 84.8 Å². The third-order valence-electron chi connectivity index (χ3n) is 14.0. The second-order valence-electron chi connectivity index (χ2n) is 22.5. The molecule has 3 heterocycles. The Morgan fingerprint density at radius 3 is 1.56 bits per heavy atom. The van der Waals surface area contributed by atoms with Crippen LogP contribution in [0, 0.1) is 11.8 Å². The third kappa shape index (κ3) is 22.7. The number of nitrogens with one attached hydrogen (secondary N) is 11. The number of imidazole rings is 2. The zero-order valence-corrected chi connectivity index (χ0v) is 50.1. The third-order valence-corrected chi connectivity index (χ3v) is 14.0. The fraction of sp³-hybridized carbons (Fsp3) is 0.466. The molecular weight excluding hydrogens is 1160 g/mol. The quantitative estimate of drug-likeness (QED) is 0.0110. The number of H-pyrrole nitrogens is 3. The molecule has 5 rings (SSSR count). The molecule has 0 bridgehead atoms. The van der Waals surface area contributed by atoms with Gasteiger partial charge in [-0.2, -0.15) is 0 Å². The Balaban J connectivity index is 1.36. The number of carbonyl (C=O) groups excluding carboxylic acids is 9. The fourth-order valence-electron chi connectivity index (χ4n) is 9.50. The largest absolute Gasteiger partial charge is 0.508 e. The first kappa shape index (κ1) is 69.9. The highest BCUT2D eigenvalue weighted by molar-refractivity contribution is 5.99. The molecule has 22 N–H and O–H groups in total. The highest BCUT2D eigenvalue weighted by Gasteiger charge is 2.37. The molecule has 0 radical (unpaired) electrons. The van der Waals surface area contributed by atoms with Crippen LogP contribution in [0.5, 0.6) is 5.75 Å². The Labute approximate surface area is 512 Å². The van der Waals surface area contributed by atoms with E-state index in [0.29, 0.717) is 22.5 Å². The van der Waals surface area contributed by atoms with Gasteiger partial charge in [0, 0.05) is 66.7 Å². The zero-order valence-electron chi connectivity index (χ0n) is 50.1. The van der Waals surface area contributed by atoms with E-state index in [9.17, 15) is 63.3 Å². The summed E-state index contributed by atoms with van der Waals surface area (Å²) in [4.78, 5) is 159. The van der Waals surface area contributed by atoms with E-state index in [2.05, 4.69) is 72.4 Å². The number of phenolic OH excluding ortho intramolecular Hbond substituents is 1. The van der Waals surface area contributed by atoms with Gasteiger partial charge in [-0.3, -0.25) is 48.1 Å². The number of hydrogen-bond acceptors (Lipinski definition) is 16. The Morgan fingerprint density at radius 2 is 1.04 bits per heavy atom. The van der Waals surface area contributed by atoms with Crippen LogP contribution in [0.3, 0.4) is 0 Å². The number of carbonyl (C=O) groups is 10. The normalized spacial score (nSPS) is 14.7. The lowest BCUT2D eigenvalue weighted by molar-refractivity contribution is -0.143. The SMILES string of the molecule is CC(C)C[C@H](NC(=O)[C@H](Cc1cnc[nH]1)NC(=O)[C@H](CCCN=C(N)N)NC(=O)[C@H](CC(N)=O)NC(=O)[C@H](CC(C)C)NC(=O)[C@@H](N)Cc1ccc(O)cc1)C(=O)N[C@@H](Cc1cnc[nH]1)C(=O)N[C@H](C(=O)N[C@@H](Cc1c[nH]c2ccccc12)C(=O)O)[C@@H](C)O. The van der Waals surface area contributed by atoms with Gasteiger partial charge in [0.1, 0.15) is 54.1 Å². The number of aromatic hydroxyl groups is 1. The van der Waals surface area contributed by atoms with Crippen LogP contribution in [0.2, 0.25) is 0 Å². The number of aromatic amines is 3. The molecule has 31 nitrogen and oxygen atoms in total. The molecular formula is C58H82N18O13. The molecule has 2 aromatic carbocycles. The maximum Gasteiger partial charge on any atom is 0.326 e. The maximum atomic E-state index is 14.6. The number of hydrogen-bond donors (Lipinski definition) is 18. The van der Waals surface area contributed by atoms with Crippen molar-refractivity contribution in [2.45, 2.75) is 153 Å². The highest BCUT2D eigenvalue weighted by atomic mass is 16.4. The molecule has 5 aromatic rings. The first-order valence-electron chi connectivity index (χ1n) is 28.9. The number of guanidine groups is 1. The smallest absolute Gasteiger partial charge is 0.326 e. The van der Waals surface area contributed by atoms with Gasteiger partial charge in [0.25, 0.3) is 0 Å². The van der Waals surface area contributed by atoms with Gasteiger partial charge in [0.2, 0.25) is 53.2 Å². The summed E-state index contributed by atoms with van der Waals surface area (Å²) in [6.07, 6.45) is 3.84. The number of benzene rings is 2. The number of nitrogens with zero attached hydrogens (tertiary/aromatic N) is 3. The minimum Gasteiger partial charge on any atom is -0.508 e. The summed E-state index contributed by atoms with van der Waals surface area (Å²) < 4.78 is 0. The molecule has 0 fully saturated rings. The molecule has 10 atom stereocenters. The number of primary amides is 1. The molecule has 0 saturated carbocycles. The number of phenols is 1. The molecule has 89 heavy (non-hydrogen) atoms. The van der Waals surface area contributed by atoms with Gasteiger partial charge < -0.3 is 95.7 Å². The Bertz CT molecular complexity index is 3220. The second-order valence-corrected chi connectivity index (χ2v) is 22.5. The van der Waals surface area contributed by atoms with Crippen LogP contribution in [0.4, 0.5) is 0 Å². The Kier molecular flexibility index (Phi) is 26.6. The van der Waals surface area contributed by atoms with Crippen LogP contribution in [-0.4, -0.2) is 172 Å². The molecule has 0 saturated heterocycles. The van der Waals surface area contributed by atoms with Crippen molar-refractivity contribution in [1.29, 1.82) is 0 Å². The molecule has 0 aliphatic rings. The summed E-state index contributed by atoms with van der Waals surface area (Å²) in [5.74, 6) is -10.7. The topological polar surface area (TPSA) is 517 Å². The fourth-order valence-corrected chi connectivity index (χ4v) is 9.50. The molecule has 3 aromatic heterocycles. The number of carboxylic acid groups (broad SMARTS) is 1. The molecule has 482 valence electrons. The second kappa shape index (κ2) is 33.8. The summed E-state index contributed by atoms with van der Waals surface area (Å²) >= 11 is 0. The van der Waals surface area contributed by atoms with Crippen molar-refractivity contribution < 1.29 is 63.3 Å². The lowest BCUT2D eigenvalue weighted by Crippen LogP contribution is -2.62. The van der Waals surface area contributed by atoms with Crippen LogP contribution in [-0.2, 0) is 73.6 Å². The number of rotatable bonds is 36. The molecule has 9 amide bonds. The standard InChI is InChI=1S/C58H82N18O13/c1-29(2)17-41(70-49(80)38(59)19-32-12-14-36(78)15-13-32)51(82)74-45(23-47(60)79)54(85)69-40(11-8-16-65-58(61)62)50(81)72-43(21-34-25-63-27-67-34)53(84)71-42(18-30(3)4)52(83)73-44(22-35-26-64-28-68-35)55(86)76-48(31(5)77)56(87)75-46(57(88)89)20-33-24-66-39-10-7-6-9-37(33)39/h6-7,9-10,12-15,24-31,38,40-46,48,66,77-78H,8,11,16-23,59H2,1-5H3,(H2,60,79)(H,63,67)(H,64,68)(H,69,85)(H,70,80)(H,71,84)(H,72,81)(H,73,83)(H,74,82)(H,75,87)(H,76,86)(H,88,89)(H4,61,62,65)/t31-,38+,40+,41+,42+,43+,44+,45+,46+,48+/m1/s1. The Hall–Kier alpha value is -9.91. The van der Waals surface area contributed by atoms with Crippen LogP contribution in [0.1, 0.15) is 89.2 Å². The van der Waals surface area contributed by atoms with Crippen LogP contribution in [0.25, 0.3) is 10.9 Å². The van der Waals surface area contributed by atoms with Gasteiger partial charge in [-0.1, -0.05) is 58.0 Å². The van der Waals surface area contributed by atoms with E-state index in [0.717, 1.165) is 10.9 Å². The lowest BCUT2D eigenvalue weighted by atomic mass is 10.0. The summed E-state index contributed by atoms with van der Waals surface area (Å²) in [6.45, 7) is 8.22. The summed E-state index contributed by atoms with van der Waals surface area (Å²) in [5, 5.41) is 51.8. The Morgan fingerprint density at radius 1 is 0.562 bits per heavy atom. The van der Waals surface area contributed by atoms with Crippen molar-refractivity contribution in [2.24, 2.45) is 39.8 Å². The average Bonchev–Trinajstić information content (AvgIpc) is 3.24. The van der Waals surface area contributed by atoms with E-state index in [4.69, 9.17) is 22.9 Å². The van der Waals surface area contributed by atoms with Gasteiger partial charge >= 0.3 is 5.97 Å². The number of fused-ring (bicyclic) bond motifs is 1. The zero-order chi connectivity index (χ0) is 65.5. The van der Waals surface area contributed by atoms with Crippen molar-refractivity contribution >= 4 is 76.0 Å². The minimum atomic E-state index is -1.74. The van der Waals surface area contributed by atoms with E-state index in [1.165, 1.54) is 44.1 Å². The number of aliphatic imine (C=N–C) groups is 1. The number of nitrogens with two attached hydrogens (primary N) is 4. The van der Waals surface area contributed by atoms with Crippen LogP contribution < -0.4 is 65.5 Å². The number of para-hydroxylation sites is 1. The van der Waals surface area contributed by atoms with Gasteiger partial charge in [0.05, 0.1) is 31.2 Å². The number of aliphatic carboxylic acids is 1. The predicted molar refractivity (Wildman–Crippen MR) is 324 cm³/mol. The van der Waals surface area contributed by atoms with Crippen molar-refractivity contribution in [1.82, 2.24) is 67.5 Å². The van der Waals surface area contributed by atoms with E-state index >= 15 is 0 Å². The number of amides is 9. The van der Waals surface area contributed by atoms with E-state index in [1.54, 1.807) is 70.3 Å². The molecule has 31 heteroatoms. The van der Waals surface area contributed by atoms with Crippen LogP contribution >= 0.6 is 0 Å². The number of carboxylic acids is 1. The summed E-state index contributed by atoms with van der Waals surface area (Å²) in [5.41, 5.74) is 25.5. The van der Waals surface area contributed by atoms with Gasteiger partial charge in [-0.15, -0.1) is 0 Å². The van der Waals surface area contributed by atoms with E-state index in [-0.39, 0.29) is 81.5 Å². The average molecular weight is 1240 g/mol. The molecule has 0 spiro atoms. The van der Waals surface area contributed by atoms with Gasteiger partial charge in [-0.05, 0) is 80.2 Å². The predicted octanol–water partition coefficient (Wildman–Crippen LogP) is -2.72. The van der Waals surface area contributed by atoms with Crippen molar-refractivity contribution in [3.8, 4) is 5.75 Å². The first-order chi connectivity index (χ1) is 42.2. The first-order valence-corrected chi connectivity index (χ1v) is 28.9. The molecule has 0 unspecified atom stereocenters. The van der Waals surface area contributed by atoms with E-state index in [1.807, 2.05) is 0 Å². The monoisotopic (exact) mass is 1240 g/mol. The number of aliphatic hydroxyl groups is 1. The summed E-state index contributed by atoms with van der Waals surface area (Å²) in [6, 6.07) is -0.266. The van der Waals surface area contributed by atoms with Crippen molar-refractivity contribution in [3.63, 3.8) is 0 Å². The lowest BCUT2D eigenvalue weighted by Gasteiger charge is -2.29. The number of aliphatic hydroxyl groups excluding tert-OH is 1. The van der Waals surface area contributed by atoms with Gasteiger partial charge in [-0.25, -0.2) is 14.8 Å². The van der Waals surface area contributed by atoms with Gasteiger partial charge in [0.15, 0.2) is 5.96 Å². The molecule has 0 aliphatic heterocycles. The highest BCUT2D eigenvalue weighted by Crippen LogP contribution is 2.20.